The standard InChI is InChI=1S/C15H23N3O3S/c1-21-15-7-3-2-6-13(15)14-12-16-8-11-18(14)22(19,20)17-9-4-5-10-17/h2-3,6-7,14,16H,4-5,8-12H2,1H3. The van der Waals surface area contributed by atoms with E-state index in [-0.39, 0.29) is 6.04 Å². The minimum atomic E-state index is -3.41. The fourth-order valence-corrected chi connectivity index (χ4v) is 5.08. The molecule has 0 aliphatic carbocycles. The van der Waals surface area contributed by atoms with Crippen LogP contribution in [0.25, 0.3) is 0 Å². The summed E-state index contributed by atoms with van der Waals surface area (Å²) in [5, 5.41) is 3.30. The first-order valence-corrected chi connectivity index (χ1v) is 9.15. The Morgan fingerprint density at radius 1 is 1.18 bits per heavy atom. The third kappa shape index (κ3) is 2.86. The molecule has 2 fully saturated rings. The zero-order chi connectivity index (χ0) is 15.6. The van der Waals surface area contributed by atoms with Crippen molar-refractivity contribution in [2.24, 2.45) is 0 Å². The van der Waals surface area contributed by atoms with Gasteiger partial charge in [0.1, 0.15) is 5.75 Å². The Hall–Kier alpha value is -1.15. The average molecular weight is 325 g/mol. The summed E-state index contributed by atoms with van der Waals surface area (Å²) >= 11 is 0. The predicted molar refractivity (Wildman–Crippen MR) is 85.0 cm³/mol. The van der Waals surface area contributed by atoms with Crippen molar-refractivity contribution in [2.45, 2.75) is 18.9 Å². The van der Waals surface area contributed by atoms with E-state index in [4.69, 9.17) is 4.74 Å². The number of hydrogen-bond donors (Lipinski definition) is 1. The van der Waals surface area contributed by atoms with Gasteiger partial charge < -0.3 is 10.1 Å². The molecule has 1 aromatic rings. The minimum Gasteiger partial charge on any atom is -0.496 e. The summed E-state index contributed by atoms with van der Waals surface area (Å²) in [6.45, 7) is 3.03. The molecule has 0 radical (unpaired) electrons. The highest BCUT2D eigenvalue weighted by Crippen LogP contribution is 2.33. The van der Waals surface area contributed by atoms with Crippen LogP contribution in [-0.4, -0.2) is 56.9 Å². The van der Waals surface area contributed by atoms with Crippen LogP contribution < -0.4 is 10.1 Å². The van der Waals surface area contributed by atoms with Gasteiger partial charge in [0.05, 0.1) is 13.2 Å². The van der Waals surface area contributed by atoms with E-state index in [9.17, 15) is 8.42 Å². The molecule has 1 unspecified atom stereocenters. The molecular formula is C15H23N3O3S. The van der Waals surface area contributed by atoms with Crippen molar-refractivity contribution >= 4 is 10.2 Å². The third-order valence-electron chi connectivity index (χ3n) is 4.38. The summed E-state index contributed by atoms with van der Waals surface area (Å²) in [4.78, 5) is 0. The van der Waals surface area contributed by atoms with Crippen molar-refractivity contribution < 1.29 is 13.2 Å². The van der Waals surface area contributed by atoms with Gasteiger partial charge >= 0.3 is 0 Å². The van der Waals surface area contributed by atoms with E-state index in [2.05, 4.69) is 5.32 Å². The summed E-state index contributed by atoms with van der Waals surface area (Å²) in [7, 11) is -1.79. The molecule has 0 amide bonds. The fourth-order valence-electron chi connectivity index (χ4n) is 3.24. The van der Waals surface area contributed by atoms with Crippen LogP contribution in [0.1, 0.15) is 24.4 Å². The molecule has 6 nitrogen and oxygen atoms in total. The van der Waals surface area contributed by atoms with Gasteiger partial charge in [-0.3, -0.25) is 0 Å². The number of methoxy groups -OCH3 is 1. The Labute approximate surface area is 132 Å². The van der Waals surface area contributed by atoms with Crippen LogP contribution in [0, 0.1) is 0 Å². The van der Waals surface area contributed by atoms with Gasteiger partial charge in [-0.25, -0.2) is 0 Å². The first-order valence-electron chi connectivity index (χ1n) is 7.75. The number of para-hydroxylation sites is 1. The number of nitrogens with one attached hydrogen (secondary N) is 1. The molecule has 0 spiro atoms. The lowest BCUT2D eigenvalue weighted by molar-refractivity contribution is 0.247. The van der Waals surface area contributed by atoms with Crippen molar-refractivity contribution in [1.29, 1.82) is 0 Å². The fraction of sp³-hybridized carbons (Fsp3) is 0.600. The van der Waals surface area contributed by atoms with Crippen molar-refractivity contribution in [1.82, 2.24) is 13.9 Å². The van der Waals surface area contributed by atoms with Gasteiger partial charge in [-0.2, -0.15) is 17.0 Å². The highest BCUT2D eigenvalue weighted by Gasteiger charge is 2.39. The van der Waals surface area contributed by atoms with Crippen LogP contribution in [0.3, 0.4) is 0 Å². The number of hydrogen-bond acceptors (Lipinski definition) is 4. The largest absolute Gasteiger partial charge is 0.496 e. The van der Waals surface area contributed by atoms with Gasteiger partial charge in [-0.15, -0.1) is 0 Å². The summed E-state index contributed by atoms with van der Waals surface area (Å²) in [5.74, 6) is 0.734. The lowest BCUT2D eigenvalue weighted by atomic mass is 10.0. The number of ether oxygens (including phenoxy) is 1. The van der Waals surface area contributed by atoms with Gasteiger partial charge in [0, 0.05) is 38.3 Å². The van der Waals surface area contributed by atoms with Gasteiger partial charge in [-0.05, 0) is 18.9 Å². The average Bonchev–Trinajstić information content (AvgIpc) is 3.10. The Morgan fingerprint density at radius 2 is 1.91 bits per heavy atom. The zero-order valence-electron chi connectivity index (χ0n) is 12.9. The highest BCUT2D eigenvalue weighted by atomic mass is 32.2. The Bertz CT molecular complexity index is 614. The van der Waals surface area contributed by atoms with Crippen LogP contribution in [0.15, 0.2) is 24.3 Å². The lowest BCUT2D eigenvalue weighted by Gasteiger charge is -2.38. The molecule has 0 saturated carbocycles. The first-order chi connectivity index (χ1) is 10.6. The van der Waals surface area contributed by atoms with Crippen molar-refractivity contribution in [3.8, 4) is 5.75 Å². The van der Waals surface area contributed by atoms with E-state index >= 15 is 0 Å². The van der Waals surface area contributed by atoms with E-state index in [1.54, 1.807) is 15.7 Å². The molecule has 1 N–H and O–H groups in total. The molecule has 122 valence electrons. The van der Waals surface area contributed by atoms with Crippen molar-refractivity contribution in [2.75, 3.05) is 39.8 Å². The van der Waals surface area contributed by atoms with Crippen LogP contribution in [0.5, 0.6) is 5.75 Å². The van der Waals surface area contributed by atoms with E-state index in [0.29, 0.717) is 32.7 Å². The van der Waals surface area contributed by atoms with Gasteiger partial charge in [0.25, 0.3) is 10.2 Å². The maximum Gasteiger partial charge on any atom is 0.282 e. The number of piperazine rings is 1. The van der Waals surface area contributed by atoms with Crippen LogP contribution in [0.4, 0.5) is 0 Å². The Balaban J connectivity index is 1.94. The van der Waals surface area contributed by atoms with E-state index in [1.165, 1.54) is 0 Å². The van der Waals surface area contributed by atoms with Crippen molar-refractivity contribution in [3.63, 3.8) is 0 Å². The zero-order valence-corrected chi connectivity index (χ0v) is 13.7. The molecule has 2 aliphatic heterocycles. The minimum absolute atomic E-state index is 0.226. The summed E-state index contributed by atoms with van der Waals surface area (Å²) in [6, 6.07) is 7.43. The maximum atomic E-state index is 13.0. The van der Waals surface area contributed by atoms with Gasteiger partial charge in [-0.1, -0.05) is 18.2 Å². The van der Waals surface area contributed by atoms with Gasteiger partial charge in [0.2, 0.25) is 0 Å². The van der Waals surface area contributed by atoms with Gasteiger partial charge in [0.15, 0.2) is 0 Å². The second-order valence-corrected chi connectivity index (χ2v) is 7.57. The highest BCUT2D eigenvalue weighted by molar-refractivity contribution is 7.86. The SMILES string of the molecule is COc1ccccc1C1CNCCN1S(=O)(=O)N1CCCC1. The topological polar surface area (TPSA) is 61.9 Å². The molecule has 0 aromatic heterocycles. The second-order valence-electron chi connectivity index (χ2n) is 5.69. The number of rotatable bonds is 4. The lowest BCUT2D eigenvalue weighted by Crippen LogP contribution is -2.52. The Morgan fingerprint density at radius 3 is 2.64 bits per heavy atom. The second kappa shape index (κ2) is 6.54. The van der Waals surface area contributed by atoms with Crippen LogP contribution in [-0.2, 0) is 10.2 Å². The van der Waals surface area contributed by atoms with E-state index in [0.717, 1.165) is 24.2 Å². The summed E-state index contributed by atoms with van der Waals surface area (Å²) in [5.41, 5.74) is 0.917. The molecule has 1 atom stereocenters. The van der Waals surface area contributed by atoms with Crippen molar-refractivity contribution in [3.05, 3.63) is 29.8 Å². The van der Waals surface area contributed by atoms with Crippen LogP contribution in [0.2, 0.25) is 0 Å². The quantitative estimate of drug-likeness (QED) is 0.896. The maximum absolute atomic E-state index is 13.0. The monoisotopic (exact) mass is 325 g/mol. The molecule has 7 heteroatoms. The Kier molecular flexibility index (Phi) is 4.67. The molecule has 22 heavy (non-hydrogen) atoms. The normalized spacial score (nSPS) is 24.5. The molecule has 2 aliphatic rings. The molecular weight excluding hydrogens is 302 g/mol. The third-order valence-corrected chi connectivity index (χ3v) is 6.43. The van der Waals surface area contributed by atoms with E-state index < -0.39 is 10.2 Å². The summed E-state index contributed by atoms with van der Waals surface area (Å²) in [6.07, 6.45) is 1.90. The predicted octanol–water partition coefficient (Wildman–Crippen LogP) is 0.982. The molecule has 1 aromatic carbocycles. The summed E-state index contributed by atoms with van der Waals surface area (Å²) < 4.78 is 34.6. The molecule has 0 bridgehead atoms. The number of nitrogens with zero attached hydrogens (tertiary/aromatic N) is 2. The number of benzene rings is 1. The smallest absolute Gasteiger partial charge is 0.282 e. The molecule has 2 saturated heterocycles. The van der Waals surface area contributed by atoms with Crippen LogP contribution >= 0.6 is 0 Å². The molecule has 3 rings (SSSR count). The van der Waals surface area contributed by atoms with E-state index in [1.807, 2.05) is 24.3 Å². The first kappa shape index (κ1) is 15.7. The molecule has 2 heterocycles.